The van der Waals surface area contributed by atoms with Gasteiger partial charge in [0.05, 0.1) is 0 Å². The molecule has 5 rings (SSSR count). The third-order valence-corrected chi connectivity index (χ3v) is 6.56. The lowest BCUT2D eigenvalue weighted by Gasteiger charge is -2.16. The summed E-state index contributed by atoms with van der Waals surface area (Å²) in [5, 5.41) is 7.10. The number of allylic oxidation sites excluding steroid dienone is 1. The zero-order valence-corrected chi connectivity index (χ0v) is 16.2. The number of anilines is 1. The van der Waals surface area contributed by atoms with Crippen LogP contribution >= 0.6 is 11.3 Å². The summed E-state index contributed by atoms with van der Waals surface area (Å²) in [6.07, 6.45) is 9.78. The Balaban J connectivity index is 1.23. The molecule has 0 spiro atoms. The molecule has 1 fully saturated rings. The van der Waals surface area contributed by atoms with Gasteiger partial charge >= 0.3 is 0 Å². The third-order valence-electron chi connectivity index (χ3n) is 5.88. The van der Waals surface area contributed by atoms with Gasteiger partial charge in [-0.2, -0.15) is 11.3 Å². The van der Waals surface area contributed by atoms with E-state index in [1.54, 1.807) is 23.6 Å². The van der Waals surface area contributed by atoms with E-state index >= 15 is 0 Å². The Morgan fingerprint density at radius 1 is 1.32 bits per heavy atom. The fraction of sp³-hybridized carbons (Fsp3) is 0.318. The number of aryl methyl sites for hydroxylation is 1. The van der Waals surface area contributed by atoms with E-state index in [4.69, 9.17) is 0 Å². The summed E-state index contributed by atoms with van der Waals surface area (Å²) in [6.45, 7) is 1.63. The number of pyridine rings is 1. The number of fused-ring (bicyclic) bond motifs is 2. The highest BCUT2D eigenvalue weighted by molar-refractivity contribution is 7.08. The molecule has 6 heteroatoms. The molecule has 28 heavy (non-hydrogen) atoms. The highest BCUT2D eigenvalue weighted by atomic mass is 32.1. The van der Waals surface area contributed by atoms with Gasteiger partial charge in [0.2, 0.25) is 11.8 Å². The van der Waals surface area contributed by atoms with E-state index in [1.165, 1.54) is 11.1 Å². The maximum absolute atomic E-state index is 12.6. The van der Waals surface area contributed by atoms with Crippen molar-refractivity contribution in [2.45, 2.75) is 19.3 Å². The molecule has 0 saturated carbocycles. The number of rotatable bonds is 3. The molecular weight excluding hydrogens is 370 g/mol. The maximum atomic E-state index is 12.6. The Morgan fingerprint density at radius 2 is 2.25 bits per heavy atom. The molecule has 142 valence electrons. The number of nitrogens with zero attached hydrogens (tertiary/aromatic N) is 2. The first kappa shape index (κ1) is 17.4. The average Bonchev–Trinajstić information content (AvgIpc) is 3.41. The van der Waals surface area contributed by atoms with Crippen LogP contribution in [0.2, 0.25) is 0 Å². The Hall–Kier alpha value is -2.73. The Kier molecular flexibility index (Phi) is 4.36. The fourth-order valence-electron chi connectivity index (χ4n) is 4.39. The SMILES string of the molecule is O=C1CCc2cc(C=CC(=O)N3C[C@H]4CC(c5ccsc5)=C[C@H]4C3)cnc2N1. The quantitative estimate of drug-likeness (QED) is 0.813. The summed E-state index contributed by atoms with van der Waals surface area (Å²) in [5.74, 6) is 1.73. The van der Waals surface area contributed by atoms with Crippen LogP contribution < -0.4 is 5.32 Å². The average molecular weight is 391 g/mol. The van der Waals surface area contributed by atoms with E-state index in [-0.39, 0.29) is 11.8 Å². The van der Waals surface area contributed by atoms with E-state index in [1.807, 2.05) is 17.0 Å². The van der Waals surface area contributed by atoms with Gasteiger partial charge in [-0.3, -0.25) is 9.59 Å². The molecule has 0 aromatic carbocycles. The summed E-state index contributed by atoms with van der Waals surface area (Å²) < 4.78 is 0. The van der Waals surface area contributed by atoms with Crippen molar-refractivity contribution in [3.63, 3.8) is 0 Å². The normalized spacial score (nSPS) is 23.5. The smallest absolute Gasteiger partial charge is 0.246 e. The van der Waals surface area contributed by atoms with Gasteiger partial charge in [0.25, 0.3) is 0 Å². The van der Waals surface area contributed by atoms with Gasteiger partial charge in [0, 0.05) is 31.8 Å². The largest absolute Gasteiger partial charge is 0.338 e. The molecule has 0 unspecified atom stereocenters. The van der Waals surface area contributed by atoms with E-state index in [0.29, 0.717) is 30.5 Å². The molecule has 1 saturated heterocycles. The number of carbonyl (C=O) groups excluding carboxylic acids is 2. The van der Waals surface area contributed by atoms with Crippen LogP contribution in [0.4, 0.5) is 5.82 Å². The number of carbonyl (C=O) groups is 2. The highest BCUT2D eigenvalue weighted by Gasteiger charge is 2.37. The predicted octanol–water partition coefficient (Wildman–Crippen LogP) is 3.60. The molecule has 3 aliphatic rings. The number of thiophene rings is 1. The minimum absolute atomic E-state index is 0.00857. The van der Waals surface area contributed by atoms with Gasteiger partial charge < -0.3 is 10.2 Å². The third kappa shape index (κ3) is 3.29. The minimum atomic E-state index is 0.00857. The van der Waals surface area contributed by atoms with E-state index in [9.17, 15) is 9.59 Å². The summed E-state index contributed by atoms with van der Waals surface area (Å²) in [7, 11) is 0. The molecule has 2 aliphatic heterocycles. The summed E-state index contributed by atoms with van der Waals surface area (Å²) >= 11 is 1.73. The zero-order valence-electron chi connectivity index (χ0n) is 15.4. The second-order valence-corrected chi connectivity index (χ2v) is 8.51. The second kappa shape index (κ2) is 7.02. The molecule has 0 radical (unpaired) electrons. The molecule has 4 heterocycles. The number of hydrogen-bond acceptors (Lipinski definition) is 4. The van der Waals surface area contributed by atoms with Crippen molar-refractivity contribution in [3.05, 3.63) is 57.9 Å². The molecule has 2 aromatic heterocycles. The highest BCUT2D eigenvalue weighted by Crippen LogP contribution is 2.41. The molecular formula is C22H21N3O2S. The van der Waals surface area contributed by atoms with E-state index < -0.39 is 0 Å². The van der Waals surface area contributed by atoms with Crippen molar-refractivity contribution >= 4 is 40.6 Å². The van der Waals surface area contributed by atoms with E-state index in [2.05, 4.69) is 33.2 Å². The van der Waals surface area contributed by atoms with Crippen molar-refractivity contribution in [2.24, 2.45) is 11.8 Å². The fourth-order valence-corrected chi connectivity index (χ4v) is 5.07. The van der Waals surface area contributed by atoms with Crippen LogP contribution in [-0.4, -0.2) is 34.8 Å². The van der Waals surface area contributed by atoms with Crippen molar-refractivity contribution < 1.29 is 9.59 Å². The first-order chi connectivity index (χ1) is 13.7. The molecule has 5 nitrogen and oxygen atoms in total. The summed E-state index contributed by atoms with van der Waals surface area (Å²) in [6, 6.07) is 4.18. The zero-order chi connectivity index (χ0) is 19.1. The van der Waals surface area contributed by atoms with Crippen LogP contribution in [0, 0.1) is 11.8 Å². The molecule has 0 bridgehead atoms. The van der Waals surface area contributed by atoms with Crippen LogP contribution in [0.1, 0.15) is 29.5 Å². The van der Waals surface area contributed by atoms with Gasteiger partial charge in [-0.1, -0.05) is 6.08 Å². The number of amides is 2. The van der Waals surface area contributed by atoms with Gasteiger partial charge in [-0.05, 0) is 75.9 Å². The van der Waals surface area contributed by atoms with Gasteiger partial charge in [-0.25, -0.2) is 4.98 Å². The standard InChI is InChI=1S/C22H21N3O2S/c26-20-3-2-15-7-14(10-23-22(15)24-20)1-4-21(27)25-11-18-8-17(9-19(18)12-25)16-5-6-28-13-16/h1,4-8,10,13,18-19H,2-3,9,11-12H2,(H,23,24,26)/t18-,19+/m0/s1. The van der Waals surface area contributed by atoms with Crippen LogP contribution in [-0.2, 0) is 16.0 Å². The Morgan fingerprint density at radius 3 is 3.07 bits per heavy atom. The lowest BCUT2D eigenvalue weighted by atomic mass is 9.99. The van der Waals surface area contributed by atoms with Crippen LogP contribution in [0.3, 0.4) is 0 Å². The lowest BCUT2D eigenvalue weighted by Crippen LogP contribution is -2.27. The number of likely N-dealkylation sites (tertiary alicyclic amines) is 1. The molecule has 1 N–H and O–H groups in total. The Bertz CT molecular complexity index is 993. The van der Waals surface area contributed by atoms with Crippen molar-refractivity contribution in [2.75, 3.05) is 18.4 Å². The monoisotopic (exact) mass is 391 g/mol. The van der Waals surface area contributed by atoms with Crippen molar-refractivity contribution in [1.29, 1.82) is 0 Å². The molecule has 2 aromatic rings. The van der Waals surface area contributed by atoms with Gasteiger partial charge in [0.15, 0.2) is 0 Å². The number of hydrogen-bond donors (Lipinski definition) is 1. The predicted molar refractivity (Wildman–Crippen MR) is 111 cm³/mol. The number of aromatic nitrogens is 1. The minimum Gasteiger partial charge on any atom is -0.338 e. The van der Waals surface area contributed by atoms with Crippen LogP contribution in [0.15, 0.2) is 41.2 Å². The lowest BCUT2D eigenvalue weighted by molar-refractivity contribution is -0.125. The number of nitrogens with one attached hydrogen (secondary N) is 1. The maximum Gasteiger partial charge on any atom is 0.246 e. The topological polar surface area (TPSA) is 62.3 Å². The first-order valence-corrected chi connectivity index (χ1v) is 10.6. The van der Waals surface area contributed by atoms with Crippen molar-refractivity contribution in [3.8, 4) is 0 Å². The van der Waals surface area contributed by atoms with Gasteiger partial charge in [0.1, 0.15) is 5.82 Å². The first-order valence-electron chi connectivity index (χ1n) is 9.65. The van der Waals surface area contributed by atoms with Crippen molar-refractivity contribution in [1.82, 2.24) is 9.88 Å². The molecule has 2 amide bonds. The Labute approximate surface area is 167 Å². The molecule has 2 atom stereocenters. The summed E-state index contributed by atoms with van der Waals surface area (Å²) in [4.78, 5) is 30.3. The van der Waals surface area contributed by atoms with Gasteiger partial charge in [-0.15, -0.1) is 0 Å². The van der Waals surface area contributed by atoms with Crippen LogP contribution in [0.5, 0.6) is 0 Å². The summed E-state index contributed by atoms with van der Waals surface area (Å²) in [5.41, 5.74) is 4.69. The van der Waals surface area contributed by atoms with E-state index in [0.717, 1.165) is 30.6 Å². The molecule has 1 aliphatic carbocycles. The van der Waals surface area contributed by atoms with Crippen LogP contribution in [0.25, 0.3) is 11.6 Å². The second-order valence-electron chi connectivity index (χ2n) is 7.73.